The molecule has 0 aliphatic carbocycles. The molecule has 0 unspecified atom stereocenters. The van der Waals surface area contributed by atoms with Crippen LogP contribution in [0.4, 0.5) is 11.4 Å². The van der Waals surface area contributed by atoms with Crippen LogP contribution in [0.5, 0.6) is 5.75 Å². The van der Waals surface area contributed by atoms with Crippen molar-refractivity contribution >= 4 is 23.2 Å². The zero-order valence-electron chi connectivity index (χ0n) is 15.8. The molecule has 0 aliphatic heterocycles. The molecule has 142 valence electrons. The first-order chi connectivity index (χ1) is 13.5. The van der Waals surface area contributed by atoms with Crippen molar-refractivity contribution in [3.8, 4) is 16.9 Å². The average molecular weight is 374 g/mol. The molecule has 2 amide bonds. The van der Waals surface area contributed by atoms with E-state index in [2.05, 4.69) is 10.6 Å². The fourth-order valence-electron chi connectivity index (χ4n) is 2.70. The Labute approximate surface area is 164 Å². The van der Waals surface area contributed by atoms with Crippen LogP contribution < -0.4 is 15.4 Å². The van der Waals surface area contributed by atoms with Crippen LogP contribution in [0, 0.1) is 0 Å². The number of ether oxygens (including phenoxy) is 1. The zero-order valence-corrected chi connectivity index (χ0v) is 15.8. The Balaban J connectivity index is 1.57. The normalized spacial score (nSPS) is 11.4. The van der Waals surface area contributed by atoms with E-state index in [-0.39, 0.29) is 11.8 Å². The predicted molar refractivity (Wildman–Crippen MR) is 111 cm³/mol. The predicted octanol–water partition coefficient (Wildman–Crippen LogP) is 4.72. The van der Waals surface area contributed by atoms with E-state index in [1.54, 1.807) is 31.2 Å². The van der Waals surface area contributed by atoms with E-state index in [1.165, 1.54) is 6.92 Å². The lowest BCUT2D eigenvalue weighted by atomic mass is 10.1. The Morgan fingerprint density at radius 2 is 1.29 bits per heavy atom. The van der Waals surface area contributed by atoms with Gasteiger partial charge in [0.15, 0.2) is 6.10 Å². The van der Waals surface area contributed by atoms with Gasteiger partial charge < -0.3 is 15.4 Å². The van der Waals surface area contributed by atoms with Gasteiger partial charge in [-0.25, -0.2) is 0 Å². The number of rotatable bonds is 6. The van der Waals surface area contributed by atoms with E-state index >= 15 is 0 Å². The minimum absolute atomic E-state index is 0.142. The Morgan fingerprint density at radius 3 is 1.86 bits per heavy atom. The summed E-state index contributed by atoms with van der Waals surface area (Å²) in [6, 6.07) is 24.6. The third-order valence-electron chi connectivity index (χ3n) is 4.12. The van der Waals surface area contributed by atoms with Crippen LogP contribution in [-0.4, -0.2) is 17.9 Å². The lowest BCUT2D eigenvalue weighted by molar-refractivity contribution is -0.122. The van der Waals surface area contributed by atoms with Crippen LogP contribution in [0.25, 0.3) is 11.1 Å². The van der Waals surface area contributed by atoms with Gasteiger partial charge >= 0.3 is 0 Å². The molecule has 3 aromatic carbocycles. The molecule has 28 heavy (non-hydrogen) atoms. The van der Waals surface area contributed by atoms with Gasteiger partial charge in [0.2, 0.25) is 5.91 Å². The second-order valence-electron chi connectivity index (χ2n) is 6.40. The second-order valence-corrected chi connectivity index (χ2v) is 6.40. The number of benzene rings is 3. The van der Waals surface area contributed by atoms with Crippen LogP contribution in [0.15, 0.2) is 78.9 Å². The second kappa shape index (κ2) is 8.86. The Hall–Kier alpha value is -3.60. The molecule has 5 heteroatoms. The third kappa shape index (κ3) is 5.20. The molecule has 0 bridgehead atoms. The highest BCUT2D eigenvalue weighted by Crippen LogP contribution is 2.23. The maximum Gasteiger partial charge on any atom is 0.265 e. The van der Waals surface area contributed by atoms with Crippen molar-refractivity contribution in [3.05, 3.63) is 78.9 Å². The minimum atomic E-state index is -0.655. The minimum Gasteiger partial charge on any atom is -0.481 e. The van der Waals surface area contributed by atoms with Crippen LogP contribution in [0.2, 0.25) is 0 Å². The number of amides is 2. The summed E-state index contributed by atoms with van der Waals surface area (Å²) in [4.78, 5) is 23.4. The highest BCUT2D eigenvalue weighted by molar-refractivity contribution is 5.94. The molecule has 0 heterocycles. The molecule has 0 aromatic heterocycles. The molecular weight excluding hydrogens is 352 g/mol. The van der Waals surface area contributed by atoms with E-state index < -0.39 is 6.10 Å². The van der Waals surface area contributed by atoms with Crippen molar-refractivity contribution in [3.63, 3.8) is 0 Å². The summed E-state index contributed by atoms with van der Waals surface area (Å²) in [5, 5.41) is 5.48. The molecule has 3 aromatic rings. The van der Waals surface area contributed by atoms with Crippen molar-refractivity contribution in [2.24, 2.45) is 0 Å². The highest BCUT2D eigenvalue weighted by atomic mass is 16.5. The van der Waals surface area contributed by atoms with Gasteiger partial charge in [-0.05, 0) is 54.4 Å². The van der Waals surface area contributed by atoms with Gasteiger partial charge in [0, 0.05) is 18.3 Å². The summed E-state index contributed by atoms with van der Waals surface area (Å²) in [5.41, 5.74) is 3.52. The van der Waals surface area contributed by atoms with E-state index in [0.717, 1.165) is 11.1 Å². The van der Waals surface area contributed by atoms with Crippen LogP contribution in [0.1, 0.15) is 13.8 Å². The van der Waals surface area contributed by atoms with Crippen molar-refractivity contribution in [1.82, 2.24) is 0 Å². The van der Waals surface area contributed by atoms with Gasteiger partial charge in [-0.1, -0.05) is 42.5 Å². The van der Waals surface area contributed by atoms with Crippen LogP contribution in [0.3, 0.4) is 0 Å². The molecule has 0 spiro atoms. The SMILES string of the molecule is CC(=O)Nc1ccc(NC(=O)[C@@H](C)Oc2ccc(-c3ccccc3)cc2)cc1. The Kier molecular flexibility index (Phi) is 6.07. The zero-order chi connectivity index (χ0) is 19.9. The molecule has 3 rings (SSSR count). The van der Waals surface area contributed by atoms with Gasteiger partial charge in [-0.3, -0.25) is 9.59 Å². The molecule has 0 saturated heterocycles. The summed E-state index contributed by atoms with van der Waals surface area (Å²) in [6.07, 6.45) is -0.655. The molecule has 0 radical (unpaired) electrons. The number of carbonyl (C=O) groups excluding carboxylic acids is 2. The smallest absolute Gasteiger partial charge is 0.265 e. The van der Waals surface area contributed by atoms with E-state index in [1.807, 2.05) is 54.6 Å². The number of hydrogen-bond acceptors (Lipinski definition) is 3. The lowest BCUT2D eigenvalue weighted by Gasteiger charge is -2.15. The van der Waals surface area contributed by atoms with E-state index in [9.17, 15) is 9.59 Å². The summed E-state index contributed by atoms with van der Waals surface area (Å²) < 4.78 is 5.75. The van der Waals surface area contributed by atoms with Gasteiger partial charge in [-0.2, -0.15) is 0 Å². The van der Waals surface area contributed by atoms with Crippen molar-refractivity contribution in [2.45, 2.75) is 20.0 Å². The molecule has 1 atom stereocenters. The fourth-order valence-corrected chi connectivity index (χ4v) is 2.70. The Bertz CT molecular complexity index is 936. The van der Waals surface area contributed by atoms with Crippen molar-refractivity contribution in [1.29, 1.82) is 0 Å². The quantitative estimate of drug-likeness (QED) is 0.656. The standard InChI is InChI=1S/C23H22N2O3/c1-16(23(27)25-21-12-10-20(11-13-21)24-17(2)26)28-22-14-8-19(9-15-22)18-6-4-3-5-7-18/h3-16H,1-2H3,(H,24,26)(H,25,27)/t16-/m1/s1. The molecule has 0 saturated carbocycles. The van der Waals surface area contributed by atoms with Gasteiger partial charge in [0.25, 0.3) is 5.91 Å². The first-order valence-electron chi connectivity index (χ1n) is 9.02. The van der Waals surface area contributed by atoms with Crippen LogP contribution in [-0.2, 0) is 9.59 Å². The first-order valence-corrected chi connectivity index (χ1v) is 9.02. The topological polar surface area (TPSA) is 67.4 Å². The van der Waals surface area contributed by atoms with Crippen molar-refractivity contribution < 1.29 is 14.3 Å². The summed E-state index contributed by atoms with van der Waals surface area (Å²) in [7, 11) is 0. The summed E-state index contributed by atoms with van der Waals surface area (Å²) in [6.45, 7) is 3.15. The molecule has 5 nitrogen and oxygen atoms in total. The monoisotopic (exact) mass is 374 g/mol. The highest BCUT2D eigenvalue weighted by Gasteiger charge is 2.15. The van der Waals surface area contributed by atoms with Gasteiger partial charge in [0.1, 0.15) is 5.75 Å². The Morgan fingerprint density at radius 1 is 0.750 bits per heavy atom. The largest absolute Gasteiger partial charge is 0.481 e. The number of carbonyl (C=O) groups is 2. The molecular formula is C23H22N2O3. The molecule has 0 fully saturated rings. The number of nitrogens with one attached hydrogen (secondary N) is 2. The fraction of sp³-hybridized carbons (Fsp3) is 0.130. The number of hydrogen-bond donors (Lipinski definition) is 2. The lowest BCUT2D eigenvalue weighted by Crippen LogP contribution is -2.30. The maximum atomic E-state index is 12.4. The first kappa shape index (κ1) is 19.2. The third-order valence-corrected chi connectivity index (χ3v) is 4.12. The molecule has 0 aliphatic rings. The van der Waals surface area contributed by atoms with Gasteiger partial charge in [-0.15, -0.1) is 0 Å². The average Bonchev–Trinajstić information content (AvgIpc) is 2.70. The van der Waals surface area contributed by atoms with Crippen molar-refractivity contribution in [2.75, 3.05) is 10.6 Å². The van der Waals surface area contributed by atoms with Gasteiger partial charge in [0.05, 0.1) is 0 Å². The maximum absolute atomic E-state index is 12.4. The van der Waals surface area contributed by atoms with E-state index in [4.69, 9.17) is 4.74 Å². The summed E-state index contributed by atoms with van der Waals surface area (Å²) >= 11 is 0. The number of anilines is 2. The molecule has 2 N–H and O–H groups in total. The van der Waals surface area contributed by atoms with E-state index in [0.29, 0.717) is 17.1 Å². The van der Waals surface area contributed by atoms with Crippen LogP contribution >= 0.6 is 0 Å². The summed E-state index contributed by atoms with van der Waals surface area (Å²) in [5.74, 6) is 0.236.